The van der Waals surface area contributed by atoms with Crippen molar-refractivity contribution in [1.29, 1.82) is 0 Å². The van der Waals surface area contributed by atoms with Gasteiger partial charge in [-0.1, -0.05) is 159 Å². The van der Waals surface area contributed by atoms with Gasteiger partial charge in [0.25, 0.3) is 0 Å². The van der Waals surface area contributed by atoms with Gasteiger partial charge < -0.3 is 23.9 Å². The predicted molar refractivity (Wildman–Crippen MR) is 288 cm³/mol. The topological polar surface area (TPSA) is 36.8 Å². The second-order valence-corrected chi connectivity index (χ2v) is 21.5. The number of fused-ring (bicyclic) bond motifs is 5. The third-order valence-electron chi connectivity index (χ3n) is 13.6. The number of hydrogen-bond donors (Lipinski definition) is 0. The first kappa shape index (κ1) is 46.9. The molecule has 0 radical (unpaired) electrons. The molecule has 0 aliphatic carbocycles. The number of allylic oxidation sites excluding steroid dienone is 3. The van der Waals surface area contributed by atoms with E-state index in [4.69, 9.17) is 9.72 Å². The summed E-state index contributed by atoms with van der Waals surface area (Å²) in [5.74, 6) is 4.35. The van der Waals surface area contributed by atoms with E-state index in [1.807, 2.05) is 24.4 Å². The van der Waals surface area contributed by atoms with E-state index in [0.29, 0.717) is 11.5 Å². The molecule has 8 heteroatoms. The van der Waals surface area contributed by atoms with E-state index in [1.54, 1.807) is 0 Å². The number of rotatable bonds is 7. The molecule has 11 rings (SSSR count). The van der Waals surface area contributed by atoms with Crippen LogP contribution in [0.25, 0.3) is 38.7 Å². The first-order valence-corrected chi connectivity index (χ1v) is 24.1. The van der Waals surface area contributed by atoms with Gasteiger partial charge in [-0.25, -0.2) is 4.98 Å². The molecule has 6 nitrogen and oxygen atoms in total. The molecular weight excluding hydrogens is 1040 g/mol. The SMILES string of the molecule is CC(C)(C)c1cc(C2=CN3C=CC=CB3C(c3ccccc3)=C2N2[CH-]N(c3[c-]c(Oc4[c-]c5c(cc4)c4ccccc4n5-c4cc(C(C)(C)C)ccn4)ccc3)c3ccccc32)cc(C(C)(C)C)c1.[Pt]. The normalized spacial score (nSPS) is 14.8. The van der Waals surface area contributed by atoms with Crippen LogP contribution >= 0.6 is 0 Å². The summed E-state index contributed by atoms with van der Waals surface area (Å²) in [6.45, 7) is 22.8. The fourth-order valence-corrected chi connectivity index (χ4v) is 9.83. The standard InChI is InChI=1S/C62H57BN5O.Pt/c1-60(2,3)44-30-32-64-57(37-44)68-53-25-14-13-24-50(53)51-29-28-49(39-56(51)68)69-48-23-19-22-47(38-48)66-41-67(55-27-16-15-26-54(55)66)59-52(43-34-45(61(4,5)6)36-46(35-43)62(7,8)9)40-65-33-18-17-31-63(65)58(59)42-20-11-10-12-21-42;/h10-37,40-41H,1-9H3;/q-3;. The average Bonchev–Trinajstić information content (AvgIpc) is 3.89. The number of para-hydroxylation sites is 3. The Morgan fingerprint density at radius 1 is 0.586 bits per heavy atom. The number of nitrogens with zero attached hydrogens (tertiary/aromatic N) is 5. The number of ether oxygens (including phenoxy) is 1. The number of pyridine rings is 1. The van der Waals surface area contributed by atoms with E-state index in [2.05, 4.69) is 252 Å². The summed E-state index contributed by atoms with van der Waals surface area (Å²) in [6, 6.07) is 57.1. The molecule has 5 heterocycles. The van der Waals surface area contributed by atoms with Crippen LogP contribution in [0.4, 0.5) is 17.1 Å². The van der Waals surface area contributed by atoms with Gasteiger partial charge in [-0.2, -0.15) is 12.1 Å². The number of aromatic nitrogens is 2. The smallest absolute Gasteiger partial charge is 0.322 e. The minimum absolute atomic E-state index is 0. The van der Waals surface area contributed by atoms with Gasteiger partial charge in [0.1, 0.15) is 5.82 Å². The molecule has 0 amide bonds. The summed E-state index contributed by atoms with van der Waals surface area (Å²) < 4.78 is 8.93. The summed E-state index contributed by atoms with van der Waals surface area (Å²) in [6.07, 6.45) is 10.8. The minimum atomic E-state index is -0.0586. The quantitative estimate of drug-likeness (QED) is 0.117. The van der Waals surface area contributed by atoms with Gasteiger partial charge in [-0.3, -0.25) is 0 Å². The van der Waals surface area contributed by atoms with E-state index in [9.17, 15) is 0 Å². The molecular formula is C62H57BN5OPt-3. The first-order valence-electron chi connectivity index (χ1n) is 24.1. The molecule has 0 N–H and O–H groups in total. The van der Waals surface area contributed by atoms with Gasteiger partial charge in [-0.15, -0.1) is 48.1 Å². The molecule has 3 aliphatic heterocycles. The first-order chi connectivity index (χ1) is 33.1. The van der Waals surface area contributed by atoms with Crippen LogP contribution < -0.4 is 14.5 Å². The Bertz CT molecular complexity index is 3400. The third kappa shape index (κ3) is 8.53. The van der Waals surface area contributed by atoms with Crippen molar-refractivity contribution in [3.63, 3.8) is 0 Å². The van der Waals surface area contributed by atoms with Gasteiger partial charge in [0, 0.05) is 73.1 Å². The van der Waals surface area contributed by atoms with Crippen LogP contribution in [0.2, 0.25) is 0 Å². The summed E-state index contributed by atoms with van der Waals surface area (Å²) in [4.78, 5) is 11.9. The molecule has 0 saturated heterocycles. The van der Waals surface area contributed by atoms with Crippen LogP contribution in [0.3, 0.4) is 0 Å². The molecule has 70 heavy (non-hydrogen) atoms. The van der Waals surface area contributed by atoms with E-state index in [0.717, 1.165) is 56.0 Å². The Morgan fingerprint density at radius 2 is 1.26 bits per heavy atom. The molecule has 2 aromatic heterocycles. The van der Waals surface area contributed by atoms with Crippen LogP contribution in [0.5, 0.6) is 11.5 Å². The van der Waals surface area contributed by atoms with E-state index in [-0.39, 0.29) is 44.2 Å². The molecule has 0 fully saturated rings. The Morgan fingerprint density at radius 3 is 1.99 bits per heavy atom. The molecule has 0 atom stereocenters. The molecule has 0 spiro atoms. The maximum Gasteiger partial charge on any atom is 0.322 e. The Kier molecular flexibility index (Phi) is 12.0. The van der Waals surface area contributed by atoms with E-state index in [1.165, 1.54) is 33.3 Å². The summed E-state index contributed by atoms with van der Waals surface area (Å²) in [5, 5.41) is 2.23. The summed E-state index contributed by atoms with van der Waals surface area (Å²) in [7, 11) is 0. The number of hydrogen-bond acceptors (Lipinski definition) is 5. The van der Waals surface area contributed by atoms with Crippen molar-refractivity contribution in [3.05, 3.63) is 229 Å². The molecule has 352 valence electrons. The zero-order valence-corrected chi connectivity index (χ0v) is 43.6. The van der Waals surface area contributed by atoms with Gasteiger partial charge >= 0.3 is 6.85 Å². The number of anilines is 3. The summed E-state index contributed by atoms with van der Waals surface area (Å²) >= 11 is 0. The van der Waals surface area contributed by atoms with Crippen LogP contribution in [0, 0.1) is 18.8 Å². The molecule has 0 saturated carbocycles. The van der Waals surface area contributed by atoms with Gasteiger partial charge in [0.2, 0.25) is 0 Å². The largest absolute Gasteiger partial charge is 0.509 e. The second kappa shape index (κ2) is 17.9. The second-order valence-electron chi connectivity index (χ2n) is 21.5. The maximum atomic E-state index is 6.73. The van der Waals surface area contributed by atoms with E-state index >= 15 is 0 Å². The van der Waals surface area contributed by atoms with Crippen molar-refractivity contribution < 1.29 is 25.8 Å². The van der Waals surface area contributed by atoms with Crippen LogP contribution in [-0.2, 0) is 37.3 Å². The molecule has 8 aromatic rings. The van der Waals surface area contributed by atoms with Gasteiger partial charge in [0.15, 0.2) is 0 Å². The fourth-order valence-electron chi connectivity index (χ4n) is 9.83. The van der Waals surface area contributed by atoms with Crippen molar-refractivity contribution in [2.45, 2.75) is 78.6 Å². The molecule has 0 unspecified atom stereocenters. The van der Waals surface area contributed by atoms with Crippen LogP contribution in [0.15, 0.2) is 182 Å². The van der Waals surface area contributed by atoms with E-state index < -0.39 is 0 Å². The molecule has 3 aliphatic rings. The average molecular weight is 1090 g/mol. The molecule has 6 aromatic carbocycles. The fraction of sp³-hybridized carbons (Fsp3) is 0.194. The van der Waals surface area contributed by atoms with Crippen molar-refractivity contribution in [2.24, 2.45) is 0 Å². The zero-order valence-electron chi connectivity index (χ0n) is 41.4. The van der Waals surface area contributed by atoms with Crippen molar-refractivity contribution >= 4 is 56.8 Å². The van der Waals surface area contributed by atoms with Crippen LogP contribution in [-0.4, -0.2) is 21.2 Å². The Hall–Kier alpha value is -6.82. The zero-order chi connectivity index (χ0) is 47.8. The summed E-state index contributed by atoms with van der Waals surface area (Å²) in [5.41, 5.74) is 14.5. The van der Waals surface area contributed by atoms with Crippen molar-refractivity contribution in [1.82, 2.24) is 14.4 Å². The van der Waals surface area contributed by atoms with Crippen LogP contribution in [0.1, 0.15) is 90.1 Å². The predicted octanol–water partition coefficient (Wildman–Crippen LogP) is 15.5. The van der Waals surface area contributed by atoms with Crippen molar-refractivity contribution in [3.8, 4) is 17.3 Å². The van der Waals surface area contributed by atoms with Gasteiger partial charge in [-0.05, 0) is 97.5 Å². The Balaban J connectivity index is 0.00000567. The van der Waals surface area contributed by atoms with Gasteiger partial charge in [0.05, 0.1) is 0 Å². The third-order valence-corrected chi connectivity index (χ3v) is 13.6. The minimum Gasteiger partial charge on any atom is -0.509 e. The number of benzene rings is 6. The maximum absolute atomic E-state index is 6.73. The monoisotopic (exact) mass is 1090 g/mol. The Labute approximate surface area is 428 Å². The molecule has 0 bridgehead atoms. The van der Waals surface area contributed by atoms with Crippen molar-refractivity contribution in [2.75, 3.05) is 9.80 Å².